The highest BCUT2D eigenvalue weighted by atomic mass is 35.5. The standard InChI is InChI=1S/C12H14Cl2N2O2S/c13-6-9-16(10-7-14)19(17,18)12-3-1-11(2-4-12)5-8-15/h1-4H,5-7,9-10H2. The van der Waals surface area contributed by atoms with E-state index in [4.69, 9.17) is 28.5 Å². The number of halogens is 2. The Morgan fingerprint density at radius 3 is 2.05 bits per heavy atom. The quantitative estimate of drug-likeness (QED) is 0.724. The SMILES string of the molecule is N#CCc1ccc(S(=O)(=O)N(CCCl)CCCl)cc1. The minimum absolute atomic E-state index is 0.185. The molecule has 0 atom stereocenters. The van der Waals surface area contributed by atoms with Gasteiger partial charge >= 0.3 is 0 Å². The summed E-state index contributed by atoms with van der Waals surface area (Å²) < 4.78 is 25.9. The Labute approximate surface area is 123 Å². The summed E-state index contributed by atoms with van der Waals surface area (Å²) in [5, 5.41) is 8.57. The average Bonchev–Trinajstić information content (AvgIpc) is 2.39. The van der Waals surface area contributed by atoms with E-state index in [0.717, 1.165) is 5.56 Å². The van der Waals surface area contributed by atoms with Crippen molar-refractivity contribution in [1.29, 1.82) is 5.26 Å². The van der Waals surface area contributed by atoms with Gasteiger partial charge in [0.05, 0.1) is 17.4 Å². The Bertz CT molecular complexity index is 532. The van der Waals surface area contributed by atoms with Gasteiger partial charge in [-0.2, -0.15) is 9.57 Å². The second-order valence-electron chi connectivity index (χ2n) is 3.76. The first kappa shape index (κ1) is 16.3. The van der Waals surface area contributed by atoms with Gasteiger partial charge in [-0.1, -0.05) is 12.1 Å². The molecule has 0 heterocycles. The van der Waals surface area contributed by atoms with Gasteiger partial charge in [-0.3, -0.25) is 0 Å². The molecule has 0 N–H and O–H groups in total. The van der Waals surface area contributed by atoms with Crippen LogP contribution in [0.1, 0.15) is 5.56 Å². The maximum absolute atomic E-state index is 12.3. The van der Waals surface area contributed by atoms with E-state index in [1.165, 1.54) is 16.4 Å². The van der Waals surface area contributed by atoms with E-state index in [1.54, 1.807) is 12.1 Å². The number of nitriles is 1. The summed E-state index contributed by atoms with van der Waals surface area (Å²) in [6.45, 7) is 0.438. The summed E-state index contributed by atoms with van der Waals surface area (Å²) in [5.41, 5.74) is 0.780. The number of benzene rings is 1. The van der Waals surface area contributed by atoms with Crippen LogP contribution >= 0.6 is 23.2 Å². The van der Waals surface area contributed by atoms with Gasteiger partial charge in [-0.05, 0) is 17.7 Å². The number of rotatable bonds is 7. The van der Waals surface area contributed by atoms with Crippen molar-refractivity contribution in [3.8, 4) is 6.07 Å². The zero-order valence-corrected chi connectivity index (χ0v) is 12.5. The molecule has 0 aromatic heterocycles. The molecule has 0 aliphatic rings. The highest BCUT2D eigenvalue weighted by Gasteiger charge is 2.23. The molecule has 1 aromatic rings. The highest BCUT2D eigenvalue weighted by Crippen LogP contribution is 2.17. The zero-order valence-electron chi connectivity index (χ0n) is 10.2. The lowest BCUT2D eigenvalue weighted by Crippen LogP contribution is -2.34. The topological polar surface area (TPSA) is 61.2 Å². The predicted molar refractivity (Wildman–Crippen MR) is 76.0 cm³/mol. The maximum Gasteiger partial charge on any atom is 0.243 e. The first-order valence-electron chi connectivity index (χ1n) is 5.64. The van der Waals surface area contributed by atoms with Crippen molar-refractivity contribution in [2.75, 3.05) is 24.8 Å². The van der Waals surface area contributed by atoms with Gasteiger partial charge in [0, 0.05) is 24.8 Å². The van der Waals surface area contributed by atoms with Gasteiger partial charge < -0.3 is 0 Å². The number of alkyl halides is 2. The molecular formula is C12H14Cl2N2O2S. The molecule has 0 fully saturated rings. The maximum atomic E-state index is 12.3. The monoisotopic (exact) mass is 320 g/mol. The lowest BCUT2D eigenvalue weighted by molar-refractivity contribution is 0.448. The van der Waals surface area contributed by atoms with Gasteiger partial charge in [0.2, 0.25) is 10.0 Å². The molecule has 1 aromatic carbocycles. The van der Waals surface area contributed by atoms with E-state index in [0.29, 0.717) is 0 Å². The van der Waals surface area contributed by atoms with Crippen LogP contribution in [0.2, 0.25) is 0 Å². The van der Waals surface area contributed by atoms with Gasteiger partial charge in [-0.15, -0.1) is 23.2 Å². The molecule has 19 heavy (non-hydrogen) atoms. The van der Waals surface area contributed by atoms with Crippen molar-refractivity contribution in [3.05, 3.63) is 29.8 Å². The number of hydrogen-bond acceptors (Lipinski definition) is 3. The second-order valence-corrected chi connectivity index (χ2v) is 6.45. The summed E-state index contributed by atoms with van der Waals surface area (Å²) in [4.78, 5) is 0.185. The fraction of sp³-hybridized carbons (Fsp3) is 0.417. The molecule has 0 saturated carbocycles. The Morgan fingerprint density at radius 2 is 1.63 bits per heavy atom. The average molecular weight is 321 g/mol. The van der Waals surface area contributed by atoms with Crippen LogP contribution in [-0.4, -0.2) is 37.6 Å². The van der Waals surface area contributed by atoms with Crippen LogP contribution in [0.15, 0.2) is 29.2 Å². The van der Waals surface area contributed by atoms with Crippen LogP contribution in [0.3, 0.4) is 0 Å². The van der Waals surface area contributed by atoms with Crippen molar-refractivity contribution in [3.63, 3.8) is 0 Å². The molecule has 104 valence electrons. The zero-order chi connectivity index (χ0) is 14.3. The second kappa shape index (κ2) is 7.71. The van der Waals surface area contributed by atoms with E-state index in [-0.39, 0.29) is 36.2 Å². The van der Waals surface area contributed by atoms with Crippen LogP contribution in [0.25, 0.3) is 0 Å². The van der Waals surface area contributed by atoms with E-state index >= 15 is 0 Å². The van der Waals surface area contributed by atoms with Crippen molar-refractivity contribution in [1.82, 2.24) is 4.31 Å². The summed E-state index contributed by atoms with van der Waals surface area (Å²) >= 11 is 11.2. The summed E-state index contributed by atoms with van der Waals surface area (Å²) in [5.74, 6) is 0.422. The molecular weight excluding hydrogens is 307 g/mol. The third kappa shape index (κ3) is 4.36. The molecule has 1 rings (SSSR count). The smallest absolute Gasteiger partial charge is 0.207 e. The molecule has 0 aliphatic heterocycles. The normalized spacial score (nSPS) is 11.5. The molecule has 4 nitrogen and oxygen atoms in total. The van der Waals surface area contributed by atoms with Gasteiger partial charge in [-0.25, -0.2) is 8.42 Å². The lowest BCUT2D eigenvalue weighted by atomic mass is 10.2. The molecule has 0 spiro atoms. The van der Waals surface area contributed by atoms with Crippen LogP contribution in [0.5, 0.6) is 0 Å². The van der Waals surface area contributed by atoms with E-state index < -0.39 is 10.0 Å². The first-order valence-corrected chi connectivity index (χ1v) is 8.15. The van der Waals surface area contributed by atoms with Crippen molar-refractivity contribution >= 4 is 33.2 Å². The Morgan fingerprint density at radius 1 is 1.11 bits per heavy atom. The fourth-order valence-electron chi connectivity index (χ4n) is 1.56. The van der Waals surface area contributed by atoms with E-state index in [9.17, 15) is 8.42 Å². The summed E-state index contributed by atoms with van der Waals surface area (Å²) in [7, 11) is -3.58. The van der Waals surface area contributed by atoms with Crippen LogP contribution < -0.4 is 0 Å². The molecule has 0 saturated heterocycles. The predicted octanol–water partition coefficient (Wildman–Crippen LogP) is 2.22. The largest absolute Gasteiger partial charge is 0.243 e. The first-order chi connectivity index (χ1) is 9.06. The molecule has 7 heteroatoms. The van der Waals surface area contributed by atoms with Crippen molar-refractivity contribution in [2.45, 2.75) is 11.3 Å². The summed E-state index contributed by atoms with van der Waals surface area (Å²) in [6.07, 6.45) is 0.257. The molecule has 0 bridgehead atoms. The van der Waals surface area contributed by atoms with Gasteiger partial charge in [0.1, 0.15) is 0 Å². The van der Waals surface area contributed by atoms with E-state index in [2.05, 4.69) is 0 Å². The Kier molecular flexibility index (Phi) is 6.59. The van der Waals surface area contributed by atoms with Crippen LogP contribution in [0.4, 0.5) is 0 Å². The third-order valence-corrected chi connectivity index (χ3v) is 4.76. The number of sulfonamides is 1. The minimum atomic E-state index is -3.58. The number of nitrogens with zero attached hydrogens (tertiary/aromatic N) is 2. The fourth-order valence-corrected chi connectivity index (χ4v) is 3.61. The number of hydrogen-bond donors (Lipinski definition) is 0. The lowest BCUT2D eigenvalue weighted by Gasteiger charge is -2.20. The Hall–Kier alpha value is -0.800. The molecule has 0 amide bonds. The van der Waals surface area contributed by atoms with Gasteiger partial charge in [0.15, 0.2) is 0 Å². The molecule has 0 unspecified atom stereocenters. The third-order valence-electron chi connectivity index (χ3n) is 2.51. The highest BCUT2D eigenvalue weighted by molar-refractivity contribution is 7.89. The van der Waals surface area contributed by atoms with Crippen LogP contribution in [0, 0.1) is 11.3 Å². The van der Waals surface area contributed by atoms with Gasteiger partial charge in [0.25, 0.3) is 0 Å². The van der Waals surface area contributed by atoms with Crippen molar-refractivity contribution < 1.29 is 8.42 Å². The Balaban J connectivity index is 3.00. The van der Waals surface area contributed by atoms with Crippen molar-refractivity contribution in [2.24, 2.45) is 0 Å². The summed E-state index contributed by atoms with van der Waals surface area (Å²) in [6, 6.07) is 8.27. The minimum Gasteiger partial charge on any atom is -0.207 e. The van der Waals surface area contributed by atoms with Crippen LogP contribution in [-0.2, 0) is 16.4 Å². The molecule has 0 radical (unpaired) electrons. The van der Waals surface area contributed by atoms with E-state index in [1.807, 2.05) is 6.07 Å². The molecule has 0 aliphatic carbocycles.